The predicted octanol–water partition coefficient (Wildman–Crippen LogP) is 2.13. The molecule has 0 saturated carbocycles. The van der Waals surface area contributed by atoms with Gasteiger partial charge in [-0.15, -0.1) is 0 Å². The Balaban J connectivity index is 2.49. The second-order valence-electron chi connectivity index (χ2n) is 2.52. The van der Waals surface area contributed by atoms with Crippen LogP contribution in [0.3, 0.4) is 0 Å². The highest BCUT2D eigenvalue weighted by Gasteiger charge is 2.05. The fourth-order valence-corrected chi connectivity index (χ4v) is 1.34. The van der Waals surface area contributed by atoms with Gasteiger partial charge in [0.25, 0.3) is 0 Å². The molecular weight excluding hydrogens is 236 g/mol. The summed E-state index contributed by atoms with van der Waals surface area (Å²) in [5, 5.41) is 0. The molecule has 0 saturated heterocycles. The second kappa shape index (κ2) is 3.43. The van der Waals surface area contributed by atoms with Crippen molar-refractivity contribution in [3.8, 4) is 0 Å². The van der Waals surface area contributed by atoms with Gasteiger partial charge in [0.1, 0.15) is 6.61 Å². The Bertz CT molecular complexity index is 427. The fraction of sp³-hybridized carbons (Fsp3) is 0.250. The number of halogens is 1. The van der Waals surface area contributed by atoms with Gasteiger partial charge in [0.2, 0.25) is 5.89 Å². The molecule has 0 fully saturated rings. The van der Waals surface area contributed by atoms with E-state index in [2.05, 4.69) is 25.9 Å². The van der Waals surface area contributed by atoms with E-state index in [1.165, 1.54) is 0 Å². The molecule has 0 bridgehead atoms. The summed E-state index contributed by atoms with van der Waals surface area (Å²) in [4.78, 5) is 8.20. The molecule has 0 N–H and O–H groups in total. The van der Waals surface area contributed by atoms with Crippen LogP contribution in [0.1, 0.15) is 5.89 Å². The van der Waals surface area contributed by atoms with Crippen molar-refractivity contribution in [2.45, 2.75) is 6.61 Å². The maximum absolute atomic E-state index is 5.36. The van der Waals surface area contributed by atoms with Gasteiger partial charge in [0.15, 0.2) is 11.2 Å². The minimum Gasteiger partial charge on any atom is -0.436 e. The van der Waals surface area contributed by atoms with Crippen molar-refractivity contribution in [3.05, 3.63) is 22.6 Å². The van der Waals surface area contributed by atoms with Gasteiger partial charge in [-0.3, -0.25) is 0 Å². The average Bonchev–Trinajstić information content (AvgIpc) is 2.46. The molecule has 0 spiro atoms. The number of pyridine rings is 1. The second-order valence-corrected chi connectivity index (χ2v) is 3.43. The number of oxazole rings is 1. The van der Waals surface area contributed by atoms with Crippen molar-refractivity contribution in [2.24, 2.45) is 0 Å². The van der Waals surface area contributed by atoms with E-state index < -0.39 is 0 Å². The molecule has 13 heavy (non-hydrogen) atoms. The molecule has 0 aliphatic heterocycles. The number of hydrogen-bond acceptors (Lipinski definition) is 4. The largest absolute Gasteiger partial charge is 0.436 e. The third kappa shape index (κ3) is 1.71. The van der Waals surface area contributed by atoms with Crippen molar-refractivity contribution < 1.29 is 9.15 Å². The molecule has 2 aromatic heterocycles. The van der Waals surface area contributed by atoms with Crippen LogP contribution in [0.2, 0.25) is 0 Å². The highest BCUT2D eigenvalue weighted by atomic mass is 79.9. The first-order valence-electron chi connectivity index (χ1n) is 3.69. The van der Waals surface area contributed by atoms with Crippen LogP contribution in [-0.2, 0) is 11.3 Å². The van der Waals surface area contributed by atoms with E-state index in [0.717, 1.165) is 4.47 Å². The van der Waals surface area contributed by atoms with E-state index in [1.54, 1.807) is 13.3 Å². The number of ether oxygens (including phenoxy) is 1. The van der Waals surface area contributed by atoms with Gasteiger partial charge < -0.3 is 9.15 Å². The molecule has 0 amide bonds. The van der Waals surface area contributed by atoms with Gasteiger partial charge in [-0.1, -0.05) is 0 Å². The van der Waals surface area contributed by atoms with E-state index in [4.69, 9.17) is 9.15 Å². The maximum Gasteiger partial charge on any atom is 0.223 e. The van der Waals surface area contributed by atoms with Crippen molar-refractivity contribution >= 4 is 27.2 Å². The first-order chi connectivity index (χ1) is 6.29. The zero-order valence-electron chi connectivity index (χ0n) is 6.95. The Morgan fingerprint density at radius 1 is 1.62 bits per heavy atom. The predicted molar refractivity (Wildman–Crippen MR) is 50.2 cm³/mol. The number of hydrogen-bond donors (Lipinski definition) is 0. The number of nitrogens with zero attached hydrogens (tertiary/aromatic N) is 2. The molecule has 68 valence electrons. The summed E-state index contributed by atoms with van der Waals surface area (Å²) in [6.45, 7) is 0.369. The number of aromatic nitrogens is 2. The summed E-state index contributed by atoms with van der Waals surface area (Å²) in [6.07, 6.45) is 1.68. The van der Waals surface area contributed by atoms with Gasteiger partial charge in [-0.2, -0.15) is 4.98 Å². The van der Waals surface area contributed by atoms with E-state index >= 15 is 0 Å². The third-order valence-electron chi connectivity index (χ3n) is 1.53. The molecule has 0 aliphatic rings. The van der Waals surface area contributed by atoms with Crippen LogP contribution in [0.4, 0.5) is 0 Å². The molecule has 4 nitrogen and oxygen atoms in total. The molecule has 0 aliphatic carbocycles. The first-order valence-corrected chi connectivity index (χ1v) is 4.49. The summed E-state index contributed by atoms with van der Waals surface area (Å²) >= 11 is 3.30. The zero-order valence-corrected chi connectivity index (χ0v) is 8.54. The molecule has 2 rings (SSSR count). The molecule has 0 unspecified atom stereocenters. The lowest BCUT2D eigenvalue weighted by Gasteiger charge is -1.88. The topological polar surface area (TPSA) is 48.2 Å². The quantitative estimate of drug-likeness (QED) is 0.810. The Labute approximate surface area is 83.1 Å². The number of rotatable bonds is 2. The van der Waals surface area contributed by atoms with Gasteiger partial charge >= 0.3 is 0 Å². The van der Waals surface area contributed by atoms with E-state index in [1.807, 2.05) is 6.07 Å². The molecule has 2 heterocycles. The highest BCUT2D eigenvalue weighted by Crippen LogP contribution is 2.18. The summed E-state index contributed by atoms with van der Waals surface area (Å²) in [5.74, 6) is 0.545. The Morgan fingerprint density at radius 3 is 3.23 bits per heavy atom. The molecule has 0 radical (unpaired) electrons. The van der Waals surface area contributed by atoms with Crippen molar-refractivity contribution in [2.75, 3.05) is 7.11 Å². The van der Waals surface area contributed by atoms with Crippen LogP contribution < -0.4 is 0 Å². The van der Waals surface area contributed by atoms with Crippen LogP contribution in [0.15, 0.2) is 21.2 Å². The van der Waals surface area contributed by atoms with Gasteiger partial charge in [0, 0.05) is 23.8 Å². The molecule has 0 aromatic carbocycles. The molecule has 5 heteroatoms. The Hall–Kier alpha value is -0.940. The standard InChI is InChI=1S/C8H7BrN2O2/c1-12-4-7-11-8-6(13-7)2-5(9)3-10-8/h2-3H,4H2,1H3. The van der Waals surface area contributed by atoms with Crippen LogP contribution in [0, 0.1) is 0 Å². The summed E-state index contributed by atoms with van der Waals surface area (Å²) < 4.78 is 11.1. The lowest BCUT2D eigenvalue weighted by molar-refractivity contribution is 0.161. The molecular formula is C8H7BrN2O2. The van der Waals surface area contributed by atoms with Crippen LogP contribution in [-0.4, -0.2) is 17.1 Å². The Morgan fingerprint density at radius 2 is 2.46 bits per heavy atom. The average molecular weight is 243 g/mol. The normalized spacial score (nSPS) is 10.9. The van der Waals surface area contributed by atoms with Gasteiger partial charge in [-0.05, 0) is 15.9 Å². The summed E-state index contributed by atoms with van der Waals surface area (Å²) in [5.41, 5.74) is 1.27. The van der Waals surface area contributed by atoms with Crippen LogP contribution in [0.25, 0.3) is 11.2 Å². The first kappa shape index (κ1) is 8.65. The van der Waals surface area contributed by atoms with Crippen LogP contribution in [0.5, 0.6) is 0 Å². The lowest BCUT2D eigenvalue weighted by atomic mass is 10.5. The molecule has 2 aromatic rings. The maximum atomic E-state index is 5.36. The van der Waals surface area contributed by atoms with Gasteiger partial charge in [0.05, 0.1) is 0 Å². The SMILES string of the molecule is COCc1nc2ncc(Br)cc2o1. The highest BCUT2D eigenvalue weighted by molar-refractivity contribution is 9.10. The monoisotopic (exact) mass is 242 g/mol. The fourth-order valence-electron chi connectivity index (χ4n) is 1.03. The van der Waals surface area contributed by atoms with Crippen LogP contribution >= 0.6 is 15.9 Å². The van der Waals surface area contributed by atoms with Crippen molar-refractivity contribution in [3.63, 3.8) is 0 Å². The van der Waals surface area contributed by atoms with Crippen molar-refractivity contribution in [1.82, 2.24) is 9.97 Å². The smallest absolute Gasteiger partial charge is 0.223 e. The minimum absolute atomic E-state index is 0.369. The number of methoxy groups -OCH3 is 1. The summed E-state index contributed by atoms with van der Waals surface area (Å²) in [7, 11) is 1.60. The zero-order chi connectivity index (χ0) is 9.26. The third-order valence-corrected chi connectivity index (χ3v) is 1.96. The summed E-state index contributed by atoms with van der Waals surface area (Å²) in [6, 6.07) is 1.83. The van der Waals surface area contributed by atoms with E-state index in [-0.39, 0.29) is 0 Å². The Kier molecular flexibility index (Phi) is 2.28. The lowest BCUT2D eigenvalue weighted by Crippen LogP contribution is -1.85. The molecule has 0 atom stereocenters. The number of fused-ring (bicyclic) bond motifs is 1. The minimum atomic E-state index is 0.369. The van der Waals surface area contributed by atoms with Gasteiger partial charge in [-0.25, -0.2) is 4.98 Å². The van der Waals surface area contributed by atoms with E-state index in [0.29, 0.717) is 23.7 Å². The van der Waals surface area contributed by atoms with Crippen molar-refractivity contribution in [1.29, 1.82) is 0 Å². The van der Waals surface area contributed by atoms with E-state index in [9.17, 15) is 0 Å².